The predicted octanol–water partition coefficient (Wildman–Crippen LogP) is 5.86. The van der Waals surface area contributed by atoms with Gasteiger partial charge < -0.3 is 4.74 Å². The third kappa shape index (κ3) is 4.51. The Morgan fingerprint density at radius 1 is 1.07 bits per heavy atom. The smallest absolute Gasteiger partial charge is 0.166 e. The number of pyridine rings is 1. The Hall–Kier alpha value is -3.05. The van der Waals surface area contributed by atoms with Crippen molar-refractivity contribution in [2.24, 2.45) is 0 Å². The second-order valence-electron chi connectivity index (χ2n) is 6.61. The first kappa shape index (κ1) is 20.7. The molecule has 0 bridgehead atoms. The summed E-state index contributed by atoms with van der Waals surface area (Å²) in [5.74, 6) is 0.479. The number of benzene rings is 2. The Morgan fingerprint density at radius 2 is 1.90 bits per heavy atom. The molecule has 0 fully saturated rings. The zero-order chi connectivity index (χ0) is 19.3. The topological polar surface area (TPSA) is 30.3 Å². The highest BCUT2D eigenvalue weighted by Crippen LogP contribution is 2.27. The molecule has 0 saturated carbocycles. The van der Waals surface area contributed by atoms with Crippen LogP contribution in [-0.2, 0) is 6.61 Å². The van der Waals surface area contributed by atoms with E-state index in [9.17, 15) is 4.39 Å². The molecule has 0 spiro atoms. The quantitative estimate of drug-likeness (QED) is 0.381. The number of rotatable bonds is 7. The van der Waals surface area contributed by atoms with Crippen molar-refractivity contribution in [3.8, 4) is 5.75 Å². The summed E-state index contributed by atoms with van der Waals surface area (Å²) in [5.41, 5.74) is 2.64. The van der Waals surface area contributed by atoms with E-state index in [0.29, 0.717) is 18.8 Å². The minimum absolute atomic E-state index is 0. The van der Waals surface area contributed by atoms with Crippen LogP contribution in [0.3, 0.4) is 0 Å². The molecule has 0 aliphatic heterocycles. The van der Waals surface area contributed by atoms with Gasteiger partial charge in [-0.15, -0.1) is 12.4 Å². The lowest BCUT2D eigenvalue weighted by atomic mass is 10.2. The SMILES string of the molecule is CCCN(c1ccncc1F)n1ccc2cc(OCc3ccccc3)ccc21.Cl. The lowest BCUT2D eigenvalue weighted by Gasteiger charge is -2.26. The van der Waals surface area contributed by atoms with Crippen molar-refractivity contribution in [1.82, 2.24) is 9.66 Å². The number of hydrogen-bond acceptors (Lipinski definition) is 3. The summed E-state index contributed by atoms with van der Waals surface area (Å²) < 4.78 is 22.3. The standard InChI is InChI=1S/C23H22FN3O.ClH/c1-2-13-26(23-10-12-25-16-21(23)24)27-14-11-19-15-20(8-9-22(19)27)28-17-18-6-4-3-5-7-18;/h3-12,14-16H,2,13,17H2,1H3;1H. The van der Waals surface area contributed by atoms with Crippen LogP contribution < -0.4 is 9.75 Å². The Bertz CT molecular complexity index is 1070. The van der Waals surface area contributed by atoms with Crippen LogP contribution in [-0.4, -0.2) is 16.2 Å². The van der Waals surface area contributed by atoms with E-state index in [1.807, 2.05) is 70.5 Å². The number of halogens is 2. The van der Waals surface area contributed by atoms with Crippen molar-refractivity contribution in [2.75, 3.05) is 11.6 Å². The van der Waals surface area contributed by atoms with Crippen LogP contribution in [0.5, 0.6) is 5.75 Å². The average molecular weight is 412 g/mol. The summed E-state index contributed by atoms with van der Waals surface area (Å²) in [6.07, 6.45) is 5.71. The van der Waals surface area contributed by atoms with Gasteiger partial charge in [-0.2, -0.15) is 0 Å². The fraction of sp³-hybridized carbons (Fsp3) is 0.174. The minimum atomic E-state index is -0.333. The summed E-state index contributed by atoms with van der Waals surface area (Å²) in [4.78, 5) is 3.86. The number of anilines is 1. The van der Waals surface area contributed by atoms with Crippen molar-refractivity contribution in [3.05, 3.63) is 90.6 Å². The molecule has 0 unspecified atom stereocenters. The van der Waals surface area contributed by atoms with Gasteiger partial charge in [0.25, 0.3) is 0 Å². The molecule has 0 aliphatic carbocycles. The monoisotopic (exact) mass is 411 g/mol. The first-order valence-electron chi connectivity index (χ1n) is 9.41. The van der Waals surface area contributed by atoms with Gasteiger partial charge in [-0.3, -0.25) is 14.7 Å². The van der Waals surface area contributed by atoms with Crippen molar-refractivity contribution >= 4 is 29.0 Å². The highest BCUT2D eigenvalue weighted by molar-refractivity contribution is 5.85. The Kier molecular flexibility index (Phi) is 6.73. The van der Waals surface area contributed by atoms with Crippen LogP contribution in [0.4, 0.5) is 10.1 Å². The molecule has 2 aromatic carbocycles. The zero-order valence-electron chi connectivity index (χ0n) is 16.2. The van der Waals surface area contributed by atoms with Gasteiger partial charge in [-0.05, 0) is 42.3 Å². The maximum atomic E-state index is 14.3. The highest BCUT2D eigenvalue weighted by atomic mass is 35.5. The summed E-state index contributed by atoms with van der Waals surface area (Å²) in [6, 6.07) is 19.8. The number of hydrogen-bond donors (Lipinski definition) is 0. The molecule has 0 saturated heterocycles. The fourth-order valence-corrected chi connectivity index (χ4v) is 3.28. The van der Waals surface area contributed by atoms with Crippen molar-refractivity contribution in [3.63, 3.8) is 0 Å². The van der Waals surface area contributed by atoms with Crippen LogP contribution in [0.2, 0.25) is 0 Å². The largest absolute Gasteiger partial charge is 0.489 e. The van der Waals surface area contributed by atoms with Crippen LogP contribution in [0.1, 0.15) is 18.9 Å². The summed E-state index contributed by atoms with van der Waals surface area (Å²) in [5, 5.41) is 2.98. The van der Waals surface area contributed by atoms with E-state index in [2.05, 4.69) is 11.9 Å². The molecule has 0 atom stereocenters. The van der Waals surface area contributed by atoms with Crippen molar-refractivity contribution < 1.29 is 9.13 Å². The van der Waals surface area contributed by atoms with Gasteiger partial charge in [-0.1, -0.05) is 37.3 Å². The maximum Gasteiger partial charge on any atom is 0.166 e. The number of aromatic nitrogens is 2. The van der Waals surface area contributed by atoms with Gasteiger partial charge in [0.2, 0.25) is 0 Å². The molecule has 4 rings (SSSR count). The van der Waals surface area contributed by atoms with Crippen LogP contribution >= 0.6 is 12.4 Å². The molecule has 2 heterocycles. The van der Waals surface area contributed by atoms with Gasteiger partial charge in [0, 0.05) is 24.3 Å². The normalized spacial score (nSPS) is 10.6. The first-order chi connectivity index (χ1) is 13.8. The zero-order valence-corrected chi connectivity index (χ0v) is 17.0. The molecule has 0 aliphatic rings. The van der Waals surface area contributed by atoms with E-state index >= 15 is 0 Å². The van der Waals surface area contributed by atoms with Gasteiger partial charge >= 0.3 is 0 Å². The summed E-state index contributed by atoms with van der Waals surface area (Å²) in [6.45, 7) is 3.29. The number of fused-ring (bicyclic) bond motifs is 1. The summed E-state index contributed by atoms with van der Waals surface area (Å²) in [7, 11) is 0. The van der Waals surface area contributed by atoms with Crippen molar-refractivity contribution in [1.29, 1.82) is 0 Å². The van der Waals surface area contributed by atoms with E-state index < -0.39 is 0 Å². The number of ether oxygens (including phenoxy) is 1. The Morgan fingerprint density at radius 3 is 2.66 bits per heavy atom. The average Bonchev–Trinajstić information content (AvgIpc) is 3.15. The molecular weight excluding hydrogens is 389 g/mol. The predicted molar refractivity (Wildman–Crippen MR) is 117 cm³/mol. The van der Waals surface area contributed by atoms with E-state index in [1.54, 1.807) is 12.3 Å². The van der Waals surface area contributed by atoms with Gasteiger partial charge in [-0.25, -0.2) is 4.39 Å². The van der Waals surface area contributed by atoms with Gasteiger partial charge in [0.15, 0.2) is 5.82 Å². The van der Waals surface area contributed by atoms with Crippen LogP contribution in [0.15, 0.2) is 79.3 Å². The van der Waals surface area contributed by atoms with E-state index in [1.165, 1.54) is 6.20 Å². The third-order valence-corrected chi connectivity index (χ3v) is 4.61. The first-order valence-corrected chi connectivity index (χ1v) is 9.41. The lowest BCUT2D eigenvalue weighted by molar-refractivity contribution is 0.306. The Labute approximate surface area is 175 Å². The molecule has 4 nitrogen and oxygen atoms in total. The fourth-order valence-electron chi connectivity index (χ4n) is 3.28. The van der Waals surface area contributed by atoms with Gasteiger partial charge in [0.05, 0.1) is 17.4 Å². The molecule has 2 aromatic heterocycles. The highest BCUT2D eigenvalue weighted by Gasteiger charge is 2.15. The van der Waals surface area contributed by atoms with Crippen molar-refractivity contribution in [2.45, 2.75) is 20.0 Å². The van der Waals surface area contributed by atoms with E-state index in [4.69, 9.17) is 4.74 Å². The molecular formula is C23H23ClFN3O. The molecule has 0 radical (unpaired) electrons. The molecule has 0 amide bonds. The molecule has 29 heavy (non-hydrogen) atoms. The third-order valence-electron chi connectivity index (χ3n) is 4.61. The lowest BCUT2D eigenvalue weighted by Crippen LogP contribution is -2.30. The molecule has 0 N–H and O–H groups in total. The second kappa shape index (κ2) is 9.43. The Balaban J connectivity index is 0.00000240. The summed E-state index contributed by atoms with van der Waals surface area (Å²) >= 11 is 0. The second-order valence-corrected chi connectivity index (χ2v) is 6.61. The van der Waals surface area contributed by atoms with E-state index in [-0.39, 0.29) is 18.2 Å². The molecule has 6 heteroatoms. The number of nitrogens with zero attached hydrogens (tertiary/aromatic N) is 3. The molecule has 4 aromatic rings. The molecule has 150 valence electrons. The van der Waals surface area contributed by atoms with Gasteiger partial charge in [0.1, 0.15) is 12.4 Å². The minimum Gasteiger partial charge on any atom is -0.489 e. The van der Waals surface area contributed by atoms with Crippen LogP contribution in [0.25, 0.3) is 10.9 Å². The van der Waals surface area contributed by atoms with Crippen LogP contribution in [0, 0.1) is 5.82 Å². The maximum absolute atomic E-state index is 14.3. The van der Waals surface area contributed by atoms with E-state index in [0.717, 1.165) is 28.6 Å².